The summed E-state index contributed by atoms with van der Waals surface area (Å²) >= 11 is 0. The summed E-state index contributed by atoms with van der Waals surface area (Å²) in [7, 11) is 5.81. The highest BCUT2D eigenvalue weighted by Gasteiger charge is 2.43. The molecule has 14 rings (SSSR count). The fourth-order valence-corrected chi connectivity index (χ4v) is 12.7. The molecule has 538 valence electrons. The number of hydrogen-bond acceptors (Lipinski definition) is 20. The molecule has 4 aliphatic rings. The number of amides is 3. The predicted octanol–water partition coefficient (Wildman–Crippen LogP) is 9.78. The molecule has 4 saturated heterocycles. The van der Waals surface area contributed by atoms with Crippen molar-refractivity contribution in [1.29, 1.82) is 0 Å². The molecular formula is C69H74F6N16O11. The number of carbonyl (C=O) groups excluding carboxylic acids is 4. The Morgan fingerprint density at radius 3 is 1.50 bits per heavy atom. The second-order valence-electron chi connectivity index (χ2n) is 25.7. The maximum absolute atomic E-state index is 14.2. The fraction of sp³-hybridized carbons (Fsp3) is 0.420. The number of carbonyl (C=O) groups is 4. The number of imidazole rings is 2. The summed E-state index contributed by atoms with van der Waals surface area (Å²) in [4.78, 5) is 83.9. The summed E-state index contributed by atoms with van der Waals surface area (Å²) in [5.74, 6) is -0.541. The Morgan fingerprint density at radius 1 is 0.569 bits per heavy atom. The number of fused-ring (bicyclic) bond motifs is 4. The zero-order valence-electron chi connectivity index (χ0n) is 56.8. The number of aromatic amines is 2. The molecule has 4 fully saturated rings. The first-order chi connectivity index (χ1) is 48.9. The van der Waals surface area contributed by atoms with Gasteiger partial charge in [-0.25, -0.2) is 34.7 Å². The molecule has 0 spiro atoms. The highest BCUT2D eigenvalue weighted by molar-refractivity contribution is 5.87. The minimum absolute atomic E-state index is 0.0169. The molecule has 2 unspecified atom stereocenters. The zero-order chi connectivity index (χ0) is 72.2. The molecule has 0 saturated carbocycles. The van der Waals surface area contributed by atoms with Crippen LogP contribution < -0.4 is 18.9 Å². The van der Waals surface area contributed by atoms with Crippen LogP contribution in [0.5, 0.6) is 23.3 Å². The van der Waals surface area contributed by atoms with Crippen LogP contribution in [0.2, 0.25) is 0 Å². The predicted molar refractivity (Wildman–Crippen MR) is 357 cm³/mol. The number of nitrogens with one attached hydrogen (secondary N) is 2. The van der Waals surface area contributed by atoms with Gasteiger partial charge in [-0.3, -0.25) is 24.7 Å². The number of H-pyrrole nitrogens is 2. The number of ether oxygens (including phenoxy) is 7. The first kappa shape index (κ1) is 71.3. The molecule has 4 atom stereocenters. The minimum atomic E-state index is -4.84. The van der Waals surface area contributed by atoms with Crippen molar-refractivity contribution >= 4 is 68.1 Å². The number of aldehydes is 1. The molecule has 102 heavy (non-hydrogen) atoms. The Labute approximate surface area is 579 Å². The lowest BCUT2D eigenvalue weighted by Gasteiger charge is -2.41. The Kier molecular flexibility index (Phi) is 20.9. The second kappa shape index (κ2) is 30.0. The number of hydrogen-bond donors (Lipinski definition) is 2. The summed E-state index contributed by atoms with van der Waals surface area (Å²) < 4.78 is 124. The van der Waals surface area contributed by atoms with Gasteiger partial charge in [0.05, 0.1) is 92.4 Å². The smallest absolute Gasteiger partial charge is 0.449 e. The quantitative estimate of drug-likeness (QED) is 0.0712. The number of aromatic nitrogens is 12. The van der Waals surface area contributed by atoms with E-state index in [0.29, 0.717) is 84.5 Å². The first-order valence-electron chi connectivity index (χ1n) is 32.8. The van der Waals surface area contributed by atoms with E-state index < -0.39 is 72.7 Å². The monoisotopic (exact) mass is 1420 g/mol. The molecular weight excluding hydrogens is 1340 g/mol. The van der Waals surface area contributed by atoms with Gasteiger partial charge in [0, 0.05) is 81.3 Å². The van der Waals surface area contributed by atoms with Crippen molar-refractivity contribution in [3.63, 3.8) is 0 Å². The third-order valence-corrected chi connectivity index (χ3v) is 17.7. The van der Waals surface area contributed by atoms with E-state index in [1.165, 1.54) is 74.6 Å². The van der Waals surface area contributed by atoms with Crippen molar-refractivity contribution in [2.45, 2.75) is 76.7 Å². The molecule has 0 bridgehead atoms. The molecule has 10 aromatic rings. The van der Waals surface area contributed by atoms with Crippen molar-refractivity contribution in [3.05, 3.63) is 120 Å². The summed E-state index contributed by atoms with van der Waals surface area (Å²) in [6.45, 7) is 8.74. The van der Waals surface area contributed by atoms with Gasteiger partial charge in [-0.2, -0.15) is 36.5 Å². The molecule has 4 aromatic carbocycles. The van der Waals surface area contributed by atoms with Crippen LogP contribution >= 0.6 is 0 Å². The summed E-state index contributed by atoms with van der Waals surface area (Å²) in [5, 5.41) is 16.4. The molecule has 0 radical (unpaired) electrons. The van der Waals surface area contributed by atoms with Gasteiger partial charge in [-0.1, -0.05) is 36.4 Å². The molecule has 3 amide bonds. The topological polar surface area (TPSA) is 290 Å². The van der Waals surface area contributed by atoms with Crippen LogP contribution in [-0.2, 0) is 54.0 Å². The van der Waals surface area contributed by atoms with Crippen molar-refractivity contribution in [2.75, 3.05) is 101 Å². The SMILES string of the molecule is COc1ccc2nc(C(F)(F)F)n(CC(=O)N3CCN(C(=O)OC(C)(C)C)C[C@H]3c3nc(-c4cc5ccccc5nc4OC)n[nH]3)c2c1.COc1ccc2nc(C(F)(F)F)n(CC(=O)N3CCN(CC4CCOC4)C[C@H]3c3nc(-c4cc5ccccc5nc4OC)n[nH]3)c2c1.O=CC1CCOC1. The lowest BCUT2D eigenvalue weighted by molar-refractivity contribution is -0.150. The fourth-order valence-electron chi connectivity index (χ4n) is 12.7. The van der Waals surface area contributed by atoms with E-state index in [0.717, 1.165) is 57.7 Å². The van der Waals surface area contributed by atoms with Gasteiger partial charge in [0.1, 0.15) is 60.2 Å². The summed E-state index contributed by atoms with van der Waals surface area (Å²) in [6, 6.07) is 26.0. The third-order valence-electron chi connectivity index (χ3n) is 17.7. The van der Waals surface area contributed by atoms with Crippen LogP contribution in [0.3, 0.4) is 0 Å². The van der Waals surface area contributed by atoms with E-state index in [1.807, 2.05) is 60.7 Å². The van der Waals surface area contributed by atoms with Gasteiger partial charge in [-0.15, -0.1) is 0 Å². The van der Waals surface area contributed by atoms with E-state index in [1.54, 1.807) is 25.7 Å². The van der Waals surface area contributed by atoms with Gasteiger partial charge in [0.15, 0.2) is 11.6 Å². The van der Waals surface area contributed by atoms with Gasteiger partial charge < -0.3 is 61.8 Å². The molecule has 10 heterocycles. The van der Waals surface area contributed by atoms with Crippen LogP contribution in [-0.4, -0.2) is 210 Å². The molecule has 4 aliphatic heterocycles. The number of alkyl halides is 6. The number of pyridine rings is 2. The Morgan fingerprint density at radius 2 is 1.06 bits per heavy atom. The lowest BCUT2D eigenvalue weighted by atomic mass is 10.1. The molecule has 2 N–H and O–H groups in total. The van der Waals surface area contributed by atoms with Crippen molar-refractivity contribution in [2.24, 2.45) is 11.8 Å². The van der Waals surface area contributed by atoms with Crippen LogP contribution in [0.1, 0.15) is 69.0 Å². The Hall–Kier alpha value is -10.5. The number of benzene rings is 4. The van der Waals surface area contributed by atoms with Crippen LogP contribution in [0.4, 0.5) is 31.1 Å². The van der Waals surface area contributed by atoms with E-state index in [9.17, 15) is 45.5 Å². The maximum atomic E-state index is 14.2. The number of para-hydroxylation sites is 2. The zero-order valence-corrected chi connectivity index (χ0v) is 56.8. The van der Waals surface area contributed by atoms with E-state index in [2.05, 4.69) is 50.2 Å². The number of halogens is 6. The van der Waals surface area contributed by atoms with E-state index >= 15 is 0 Å². The Bertz CT molecular complexity index is 4680. The summed E-state index contributed by atoms with van der Waals surface area (Å²) in [5.41, 5.74) is 2.12. The molecule has 27 nitrogen and oxygen atoms in total. The number of piperazine rings is 2. The standard InChI is InChI=1S/C32H33F3N8O5.C32H33F3N8O4.C5H8O2/c1-31(2,3)48-30(45)41-12-13-42(25(44)17-43-23-15-19(46-4)10-11-22(23)37-29(43)32(33,34)35)24(16-41)27-38-26(39-40-27)20-14-18-8-6-7-9-21(18)36-28(20)47-5;1-45-21-7-8-24-25(14-21)43(31(37-24)32(33,34)35)17-27(44)42-11-10-41(15-19-9-12-47-18-19)16-26(42)29-38-28(39-40-29)22-13-20-5-3-4-6-23(20)36-30(22)46-2;6-3-5-1-2-7-4-5/h6-11,14-15,24H,12-13,16-17H2,1-5H3,(H,38,39,40);3-8,13-14,19,26H,9-12,15-18H2,1-2H3,(H,38,39,40);3,5H,1-2,4H2/t24-;19?,26-;/m00./s1. The molecule has 33 heteroatoms. The van der Waals surface area contributed by atoms with Gasteiger partial charge in [-0.05, 0) is 88.1 Å². The molecule has 6 aromatic heterocycles. The van der Waals surface area contributed by atoms with Gasteiger partial charge in [0.25, 0.3) is 0 Å². The Balaban J connectivity index is 0.000000175. The van der Waals surface area contributed by atoms with Crippen LogP contribution in [0, 0.1) is 11.8 Å². The first-order valence-corrected chi connectivity index (χ1v) is 32.8. The average Bonchev–Trinajstić information content (AvgIpc) is 1.60. The average molecular weight is 1420 g/mol. The second-order valence-corrected chi connectivity index (χ2v) is 25.7. The van der Waals surface area contributed by atoms with E-state index in [4.69, 9.17) is 38.1 Å². The number of nitrogens with zero attached hydrogens (tertiary/aromatic N) is 14. The van der Waals surface area contributed by atoms with Gasteiger partial charge >= 0.3 is 18.4 Å². The number of rotatable bonds is 15. The van der Waals surface area contributed by atoms with Gasteiger partial charge in [0.2, 0.25) is 35.2 Å². The normalized spacial score (nSPS) is 18.3. The third kappa shape index (κ3) is 15.8. The number of methoxy groups -OCH3 is 4. The van der Waals surface area contributed by atoms with Crippen LogP contribution in [0.25, 0.3) is 66.6 Å². The van der Waals surface area contributed by atoms with Crippen molar-refractivity contribution < 1.29 is 78.7 Å². The lowest BCUT2D eigenvalue weighted by Crippen LogP contribution is -2.54. The van der Waals surface area contributed by atoms with Crippen molar-refractivity contribution in [3.8, 4) is 46.0 Å². The largest absolute Gasteiger partial charge is 0.497 e. The maximum Gasteiger partial charge on any atom is 0.449 e. The van der Waals surface area contributed by atoms with Crippen molar-refractivity contribution in [1.82, 2.24) is 79.0 Å². The minimum Gasteiger partial charge on any atom is -0.497 e. The highest BCUT2D eigenvalue weighted by Crippen LogP contribution is 2.39. The van der Waals surface area contributed by atoms with Crippen LogP contribution in [0.15, 0.2) is 97.1 Å². The summed E-state index contributed by atoms with van der Waals surface area (Å²) in [6.07, 6.45) is -7.39. The highest BCUT2D eigenvalue weighted by atomic mass is 19.4. The van der Waals surface area contributed by atoms with E-state index in [-0.39, 0.29) is 71.7 Å². The molecule has 0 aliphatic carbocycles.